The number of rotatable bonds is 3. The molecule has 0 saturated carbocycles. The average molecular weight is 379 g/mol. The first-order chi connectivity index (χ1) is 13.5. The number of furan rings is 1. The number of hydrogen-bond acceptors (Lipinski definition) is 3. The number of para-hydroxylation sites is 1. The molecule has 0 spiro atoms. The van der Waals surface area contributed by atoms with Gasteiger partial charge in [0.1, 0.15) is 11.2 Å². The first-order valence-corrected chi connectivity index (χ1v) is 9.79. The third-order valence-corrected chi connectivity index (χ3v) is 5.21. The molecule has 3 aromatic rings. The average Bonchev–Trinajstić information content (AvgIpc) is 3.05. The molecule has 1 aliphatic heterocycles. The van der Waals surface area contributed by atoms with Crippen LogP contribution in [0.1, 0.15) is 26.7 Å². The van der Waals surface area contributed by atoms with E-state index in [0.29, 0.717) is 25.9 Å². The van der Waals surface area contributed by atoms with Crippen molar-refractivity contribution < 1.29 is 14.0 Å². The number of carbonyl (C=O) groups is 2. The first kappa shape index (κ1) is 18.3. The molecule has 2 heterocycles. The maximum Gasteiger partial charge on any atom is 0.317 e. The van der Waals surface area contributed by atoms with Crippen LogP contribution in [0, 0.1) is 5.92 Å². The van der Waals surface area contributed by atoms with Crippen LogP contribution in [0.2, 0.25) is 0 Å². The van der Waals surface area contributed by atoms with Gasteiger partial charge >= 0.3 is 6.03 Å². The standard InChI is InChI=1S/C22H25N3O3/c1-14(2)23-22(27)25-11-9-15(10-12-25)21(26)24-16-7-8-18-17-5-3-4-6-19(17)28-20(18)13-16/h3-8,13-15H,9-12H2,1-2H3,(H,23,27)(H,24,26). The first-order valence-electron chi connectivity index (χ1n) is 9.79. The van der Waals surface area contributed by atoms with Crippen molar-refractivity contribution in [1.82, 2.24) is 10.2 Å². The number of amides is 3. The van der Waals surface area contributed by atoms with Crippen molar-refractivity contribution >= 4 is 39.6 Å². The summed E-state index contributed by atoms with van der Waals surface area (Å²) in [5.41, 5.74) is 2.34. The predicted octanol–water partition coefficient (Wildman–Crippen LogP) is 4.35. The molecule has 0 radical (unpaired) electrons. The van der Waals surface area contributed by atoms with Gasteiger partial charge in [-0.25, -0.2) is 4.79 Å². The lowest BCUT2D eigenvalue weighted by Gasteiger charge is -2.31. The second kappa shape index (κ2) is 7.54. The van der Waals surface area contributed by atoms with Gasteiger partial charge in [-0.2, -0.15) is 0 Å². The van der Waals surface area contributed by atoms with Crippen molar-refractivity contribution in [3.05, 3.63) is 42.5 Å². The Morgan fingerprint density at radius 2 is 1.75 bits per heavy atom. The Morgan fingerprint density at radius 1 is 1.04 bits per heavy atom. The van der Waals surface area contributed by atoms with Crippen LogP contribution < -0.4 is 10.6 Å². The van der Waals surface area contributed by atoms with Crippen molar-refractivity contribution in [2.75, 3.05) is 18.4 Å². The SMILES string of the molecule is CC(C)NC(=O)N1CCC(C(=O)Nc2ccc3c(c2)oc2ccccc23)CC1. The Balaban J connectivity index is 1.40. The lowest BCUT2D eigenvalue weighted by molar-refractivity contribution is -0.121. The largest absolute Gasteiger partial charge is 0.456 e. The number of benzene rings is 2. The van der Waals surface area contributed by atoms with Crippen molar-refractivity contribution in [3.8, 4) is 0 Å². The number of piperidine rings is 1. The lowest BCUT2D eigenvalue weighted by atomic mass is 9.96. The zero-order valence-electron chi connectivity index (χ0n) is 16.2. The Kier molecular flexibility index (Phi) is 4.94. The summed E-state index contributed by atoms with van der Waals surface area (Å²) in [6.07, 6.45) is 1.34. The third kappa shape index (κ3) is 3.67. The minimum Gasteiger partial charge on any atom is -0.456 e. The van der Waals surface area contributed by atoms with E-state index in [4.69, 9.17) is 4.42 Å². The van der Waals surface area contributed by atoms with Gasteiger partial charge in [-0.15, -0.1) is 0 Å². The highest BCUT2D eigenvalue weighted by molar-refractivity contribution is 6.06. The number of anilines is 1. The van der Waals surface area contributed by atoms with E-state index < -0.39 is 0 Å². The fourth-order valence-electron chi connectivity index (χ4n) is 3.73. The van der Waals surface area contributed by atoms with Gasteiger partial charge in [0.2, 0.25) is 5.91 Å². The van der Waals surface area contributed by atoms with Gasteiger partial charge in [-0.05, 0) is 44.9 Å². The minimum absolute atomic E-state index is 0.000575. The van der Waals surface area contributed by atoms with E-state index in [1.54, 1.807) is 4.90 Å². The number of nitrogens with zero attached hydrogens (tertiary/aromatic N) is 1. The molecule has 0 unspecified atom stereocenters. The fourth-order valence-corrected chi connectivity index (χ4v) is 3.73. The fraction of sp³-hybridized carbons (Fsp3) is 0.364. The van der Waals surface area contributed by atoms with Crippen molar-refractivity contribution in [2.45, 2.75) is 32.7 Å². The number of nitrogens with one attached hydrogen (secondary N) is 2. The molecule has 1 aromatic heterocycles. The normalized spacial score (nSPS) is 15.3. The van der Waals surface area contributed by atoms with Crippen molar-refractivity contribution in [1.29, 1.82) is 0 Å². The summed E-state index contributed by atoms with van der Waals surface area (Å²) in [5.74, 6) is -0.0890. The zero-order valence-corrected chi connectivity index (χ0v) is 16.2. The number of urea groups is 1. The van der Waals surface area contributed by atoms with Crippen LogP contribution in [0.25, 0.3) is 21.9 Å². The summed E-state index contributed by atoms with van der Waals surface area (Å²) in [4.78, 5) is 26.5. The molecule has 1 fully saturated rings. The number of likely N-dealkylation sites (tertiary alicyclic amines) is 1. The molecule has 2 aromatic carbocycles. The molecule has 0 bridgehead atoms. The Hall–Kier alpha value is -3.02. The van der Waals surface area contributed by atoms with Crippen molar-refractivity contribution in [2.24, 2.45) is 5.92 Å². The molecule has 1 aliphatic rings. The van der Waals surface area contributed by atoms with E-state index in [1.807, 2.05) is 56.3 Å². The second-order valence-electron chi connectivity index (χ2n) is 7.66. The molecule has 3 amide bonds. The molecule has 28 heavy (non-hydrogen) atoms. The van der Waals surface area contributed by atoms with Gasteiger partial charge in [0.25, 0.3) is 0 Å². The van der Waals surface area contributed by atoms with Gasteiger partial charge < -0.3 is 20.0 Å². The van der Waals surface area contributed by atoms with Crippen LogP contribution in [-0.2, 0) is 4.79 Å². The van der Waals surface area contributed by atoms with E-state index >= 15 is 0 Å². The Morgan fingerprint density at radius 3 is 2.50 bits per heavy atom. The number of hydrogen-bond donors (Lipinski definition) is 2. The lowest BCUT2D eigenvalue weighted by Crippen LogP contribution is -2.47. The molecular weight excluding hydrogens is 354 g/mol. The zero-order chi connectivity index (χ0) is 19.7. The van der Waals surface area contributed by atoms with E-state index in [-0.39, 0.29) is 23.9 Å². The molecule has 2 N–H and O–H groups in total. The molecule has 1 saturated heterocycles. The smallest absolute Gasteiger partial charge is 0.317 e. The molecule has 0 aliphatic carbocycles. The quantitative estimate of drug-likeness (QED) is 0.710. The summed E-state index contributed by atoms with van der Waals surface area (Å²) in [6.45, 7) is 5.08. The van der Waals surface area contributed by atoms with E-state index in [2.05, 4.69) is 10.6 Å². The minimum atomic E-state index is -0.0885. The number of carbonyl (C=O) groups excluding carboxylic acids is 2. The van der Waals surface area contributed by atoms with Gasteiger partial charge in [-0.1, -0.05) is 18.2 Å². The summed E-state index contributed by atoms with van der Waals surface area (Å²) in [7, 11) is 0. The van der Waals surface area contributed by atoms with Crippen LogP contribution in [0.15, 0.2) is 46.9 Å². The second-order valence-corrected chi connectivity index (χ2v) is 7.66. The van der Waals surface area contributed by atoms with Crippen LogP contribution in [-0.4, -0.2) is 36.0 Å². The van der Waals surface area contributed by atoms with E-state index in [9.17, 15) is 9.59 Å². The van der Waals surface area contributed by atoms with Crippen LogP contribution in [0.5, 0.6) is 0 Å². The molecule has 4 rings (SSSR count). The van der Waals surface area contributed by atoms with Crippen LogP contribution >= 0.6 is 0 Å². The molecule has 146 valence electrons. The molecule has 6 nitrogen and oxygen atoms in total. The van der Waals surface area contributed by atoms with E-state index in [1.165, 1.54) is 0 Å². The topological polar surface area (TPSA) is 74.6 Å². The molecule has 6 heteroatoms. The summed E-state index contributed by atoms with van der Waals surface area (Å²) < 4.78 is 5.89. The predicted molar refractivity (Wildman–Crippen MR) is 110 cm³/mol. The Bertz CT molecular complexity index is 1020. The van der Waals surface area contributed by atoms with Gasteiger partial charge in [-0.3, -0.25) is 4.79 Å². The van der Waals surface area contributed by atoms with Crippen LogP contribution in [0.4, 0.5) is 10.5 Å². The summed E-state index contributed by atoms with van der Waals surface area (Å²) in [5, 5.41) is 8.02. The summed E-state index contributed by atoms with van der Waals surface area (Å²) >= 11 is 0. The van der Waals surface area contributed by atoms with Crippen molar-refractivity contribution in [3.63, 3.8) is 0 Å². The Labute approximate surface area is 163 Å². The third-order valence-electron chi connectivity index (χ3n) is 5.21. The van der Waals surface area contributed by atoms with Gasteiger partial charge in [0.05, 0.1) is 0 Å². The van der Waals surface area contributed by atoms with Gasteiger partial charge in [0, 0.05) is 47.6 Å². The highest BCUT2D eigenvalue weighted by atomic mass is 16.3. The molecule has 0 atom stereocenters. The summed E-state index contributed by atoms with van der Waals surface area (Å²) in [6, 6.07) is 13.7. The maximum absolute atomic E-state index is 12.7. The maximum atomic E-state index is 12.7. The van der Waals surface area contributed by atoms with Crippen LogP contribution in [0.3, 0.4) is 0 Å². The highest BCUT2D eigenvalue weighted by Crippen LogP contribution is 2.30. The van der Waals surface area contributed by atoms with Gasteiger partial charge in [0.15, 0.2) is 0 Å². The highest BCUT2D eigenvalue weighted by Gasteiger charge is 2.27. The number of fused-ring (bicyclic) bond motifs is 3. The molecular formula is C22H25N3O3. The van der Waals surface area contributed by atoms with E-state index in [0.717, 1.165) is 27.6 Å². The monoisotopic (exact) mass is 379 g/mol.